The van der Waals surface area contributed by atoms with Crippen LogP contribution in [0.5, 0.6) is 0 Å². The van der Waals surface area contributed by atoms with Crippen LogP contribution in [0.25, 0.3) is 0 Å². The smallest absolute Gasteiger partial charge is 0.255 e. The Balaban J connectivity index is 0.831. The molecule has 1 aliphatic heterocycles. The van der Waals surface area contributed by atoms with E-state index in [0.29, 0.717) is 104 Å². The Morgan fingerprint density at radius 3 is 2.11 bits per heavy atom. The molecular formula is C41H64ClFN2O11. The SMILES string of the molecule is C[C@@H]1CC2C3CCC4=CC(=O)C=C[C@]4(C)[C@@]3(F)[C@@H](O)C[C@@]23O[C@]13C(=O)NCCOCCOCCOCCOCCC(=O)NCCOCCOCCCCCCCl. The third-order valence-corrected chi connectivity index (χ3v) is 12.8. The van der Waals surface area contributed by atoms with Crippen molar-refractivity contribution < 1.29 is 57.0 Å². The number of aliphatic hydroxyl groups excluding tert-OH is 1. The number of rotatable bonds is 28. The van der Waals surface area contributed by atoms with Gasteiger partial charge in [0.1, 0.15) is 5.60 Å². The molecule has 0 aromatic carbocycles. The fourth-order valence-electron chi connectivity index (χ4n) is 9.64. The Morgan fingerprint density at radius 1 is 0.857 bits per heavy atom. The highest BCUT2D eigenvalue weighted by atomic mass is 35.5. The van der Waals surface area contributed by atoms with Gasteiger partial charge in [-0.1, -0.05) is 31.4 Å². The van der Waals surface area contributed by atoms with E-state index in [1.807, 2.05) is 6.92 Å². The zero-order valence-electron chi connectivity index (χ0n) is 33.3. The molecule has 0 bridgehead atoms. The highest BCUT2D eigenvalue weighted by Gasteiger charge is 2.88. The normalized spacial score (nSPS) is 32.6. The van der Waals surface area contributed by atoms with Crippen molar-refractivity contribution in [2.24, 2.45) is 23.2 Å². The van der Waals surface area contributed by atoms with Crippen LogP contribution in [-0.2, 0) is 47.5 Å². The molecule has 13 nitrogen and oxygen atoms in total. The lowest BCUT2D eigenvalue weighted by Crippen LogP contribution is -2.67. The first-order valence-electron chi connectivity index (χ1n) is 20.7. The van der Waals surface area contributed by atoms with E-state index in [4.69, 9.17) is 44.8 Å². The Kier molecular flexibility index (Phi) is 17.2. The fourth-order valence-corrected chi connectivity index (χ4v) is 9.83. The first-order chi connectivity index (χ1) is 27.1. The minimum Gasteiger partial charge on any atom is -0.390 e. The molecule has 15 heteroatoms. The maximum atomic E-state index is 17.3. The van der Waals surface area contributed by atoms with Crippen LogP contribution in [-0.4, -0.2) is 144 Å². The highest BCUT2D eigenvalue weighted by Crippen LogP contribution is 2.76. The van der Waals surface area contributed by atoms with Gasteiger partial charge in [0.25, 0.3) is 5.91 Å². The van der Waals surface area contributed by atoms with E-state index in [9.17, 15) is 19.5 Å². The van der Waals surface area contributed by atoms with E-state index < -0.39 is 34.3 Å². The molecule has 3 N–H and O–H groups in total. The lowest BCUT2D eigenvalue weighted by Gasteiger charge is -2.59. The molecule has 0 aromatic rings. The van der Waals surface area contributed by atoms with E-state index in [1.54, 1.807) is 13.0 Å². The van der Waals surface area contributed by atoms with Crippen LogP contribution in [0.15, 0.2) is 23.8 Å². The topological polar surface area (TPSA) is 163 Å². The molecule has 4 aliphatic carbocycles. The number of hydrogen-bond acceptors (Lipinski definition) is 11. The third kappa shape index (κ3) is 10.0. The number of fused-ring (bicyclic) bond motifs is 4. The number of carbonyl (C=O) groups excluding carboxylic acids is 3. The van der Waals surface area contributed by atoms with Crippen LogP contribution in [0.2, 0.25) is 0 Å². The van der Waals surface area contributed by atoms with Crippen molar-refractivity contribution in [3.8, 4) is 0 Å². The van der Waals surface area contributed by atoms with Crippen LogP contribution in [0.3, 0.4) is 0 Å². The summed E-state index contributed by atoms with van der Waals surface area (Å²) in [6, 6.07) is 0. The molecule has 4 fully saturated rings. The minimum absolute atomic E-state index is 0.0435. The molecule has 0 aromatic heterocycles. The van der Waals surface area contributed by atoms with Crippen molar-refractivity contribution in [3.63, 3.8) is 0 Å². The minimum atomic E-state index is -1.95. The van der Waals surface area contributed by atoms with Crippen molar-refractivity contribution in [2.45, 2.75) is 94.6 Å². The number of ketones is 1. The van der Waals surface area contributed by atoms with Gasteiger partial charge in [-0.05, 0) is 63.0 Å². The zero-order valence-corrected chi connectivity index (χ0v) is 34.1. The van der Waals surface area contributed by atoms with Gasteiger partial charge in [0.2, 0.25) is 5.91 Å². The summed E-state index contributed by atoms with van der Waals surface area (Å²) in [6.07, 6.45) is 9.62. The van der Waals surface area contributed by atoms with Crippen LogP contribution < -0.4 is 10.6 Å². The number of unbranched alkanes of at least 4 members (excludes halogenated alkanes) is 3. The number of hydrogen-bond donors (Lipinski definition) is 3. The first-order valence-corrected chi connectivity index (χ1v) is 21.2. The molecule has 1 saturated heterocycles. The number of amides is 2. The zero-order chi connectivity index (χ0) is 40.1. The van der Waals surface area contributed by atoms with Gasteiger partial charge >= 0.3 is 0 Å². The number of epoxide rings is 1. The second-order valence-electron chi connectivity index (χ2n) is 15.8. The maximum absolute atomic E-state index is 17.3. The molecule has 1 spiro atoms. The monoisotopic (exact) mass is 814 g/mol. The molecule has 56 heavy (non-hydrogen) atoms. The number of ether oxygens (including phenoxy) is 7. The first kappa shape index (κ1) is 45.1. The predicted molar refractivity (Wildman–Crippen MR) is 206 cm³/mol. The summed E-state index contributed by atoms with van der Waals surface area (Å²) >= 11 is 5.66. The van der Waals surface area contributed by atoms with Gasteiger partial charge in [0, 0.05) is 49.8 Å². The van der Waals surface area contributed by atoms with Crippen LogP contribution in [0, 0.1) is 23.2 Å². The number of carbonyl (C=O) groups is 3. The molecule has 1 heterocycles. The average molecular weight is 815 g/mol. The quantitative estimate of drug-likeness (QED) is 0.0601. The van der Waals surface area contributed by atoms with Gasteiger partial charge < -0.3 is 48.9 Å². The second-order valence-corrected chi connectivity index (χ2v) is 16.2. The predicted octanol–water partition coefficient (Wildman–Crippen LogP) is 3.63. The van der Waals surface area contributed by atoms with Gasteiger partial charge in [-0.3, -0.25) is 14.4 Å². The van der Waals surface area contributed by atoms with Gasteiger partial charge in [-0.25, -0.2) is 4.39 Å². The summed E-state index contributed by atoms with van der Waals surface area (Å²) in [5.41, 5.74) is -4.26. The van der Waals surface area contributed by atoms with E-state index in [-0.39, 0.29) is 48.8 Å². The van der Waals surface area contributed by atoms with E-state index >= 15 is 4.39 Å². The standard InChI is InChI=1S/C41H64ClFN2O11/c1-30-27-34-33-8-7-31-28-32(46)9-11-38(31,2)40(33,43)35(47)29-39(34)41(30,56-39)37(49)45-14-18-53-22-24-55-26-25-54-23-20-51-16-10-36(48)44-13-17-52-21-19-50-15-6-4-3-5-12-42/h9,11,28,30,33-35,47H,3-8,10,12-27,29H2,1-2H3,(H,44,48)(H,45,49)/t30-,33?,34?,35+,38+,39-,40+,41+/m1/s1. The molecule has 8 atom stereocenters. The molecule has 5 rings (SSSR count). The molecule has 318 valence electrons. The van der Waals surface area contributed by atoms with Gasteiger partial charge in [0.05, 0.1) is 78.8 Å². The van der Waals surface area contributed by atoms with Crippen molar-refractivity contribution in [3.05, 3.63) is 23.8 Å². The van der Waals surface area contributed by atoms with Gasteiger partial charge in [-0.15, -0.1) is 11.6 Å². The van der Waals surface area contributed by atoms with Crippen molar-refractivity contribution in [1.29, 1.82) is 0 Å². The molecule has 2 unspecified atom stereocenters. The number of alkyl halides is 2. The van der Waals surface area contributed by atoms with Crippen molar-refractivity contribution in [2.75, 3.05) is 98.3 Å². The highest BCUT2D eigenvalue weighted by molar-refractivity contribution is 6.17. The average Bonchev–Trinajstić information content (AvgIpc) is 3.79. The van der Waals surface area contributed by atoms with Crippen LogP contribution in [0.1, 0.15) is 71.6 Å². The Labute approximate surface area is 336 Å². The Hall–Kier alpha value is -2.01. The van der Waals surface area contributed by atoms with E-state index in [2.05, 4.69) is 10.6 Å². The molecule has 3 saturated carbocycles. The maximum Gasteiger partial charge on any atom is 0.255 e. The lowest BCUT2D eigenvalue weighted by atomic mass is 9.48. The van der Waals surface area contributed by atoms with Gasteiger partial charge in [-0.2, -0.15) is 0 Å². The number of aliphatic hydroxyl groups is 1. The summed E-state index contributed by atoms with van der Waals surface area (Å²) in [6.45, 7) is 9.59. The van der Waals surface area contributed by atoms with Crippen LogP contribution in [0.4, 0.5) is 4.39 Å². The fraction of sp³-hybridized carbons (Fsp3) is 0.829. The van der Waals surface area contributed by atoms with E-state index in [0.717, 1.165) is 37.9 Å². The van der Waals surface area contributed by atoms with Gasteiger partial charge in [0.15, 0.2) is 17.1 Å². The Morgan fingerprint density at radius 2 is 1.45 bits per heavy atom. The molecule has 0 radical (unpaired) electrons. The molecule has 2 amide bonds. The number of allylic oxidation sites excluding steroid dienone is 4. The largest absolute Gasteiger partial charge is 0.390 e. The van der Waals surface area contributed by atoms with Crippen molar-refractivity contribution in [1.82, 2.24) is 10.6 Å². The van der Waals surface area contributed by atoms with E-state index in [1.165, 1.54) is 12.2 Å². The summed E-state index contributed by atoms with van der Waals surface area (Å²) in [7, 11) is 0. The lowest BCUT2D eigenvalue weighted by molar-refractivity contribution is -0.179. The molecular weight excluding hydrogens is 751 g/mol. The molecule has 5 aliphatic rings. The van der Waals surface area contributed by atoms with Crippen LogP contribution >= 0.6 is 11.6 Å². The Bertz CT molecular complexity index is 1370. The number of nitrogens with one attached hydrogen (secondary N) is 2. The number of halogens is 2. The third-order valence-electron chi connectivity index (χ3n) is 12.5. The summed E-state index contributed by atoms with van der Waals surface area (Å²) in [5.74, 6) is -0.588. The summed E-state index contributed by atoms with van der Waals surface area (Å²) < 4.78 is 56.8. The summed E-state index contributed by atoms with van der Waals surface area (Å²) in [4.78, 5) is 37.6. The van der Waals surface area contributed by atoms with Crippen molar-refractivity contribution >= 4 is 29.2 Å². The second kappa shape index (κ2) is 21.3. The summed E-state index contributed by atoms with van der Waals surface area (Å²) in [5, 5.41) is 17.2.